The van der Waals surface area contributed by atoms with E-state index < -0.39 is 5.82 Å². The van der Waals surface area contributed by atoms with E-state index in [1.54, 1.807) is 6.07 Å². The van der Waals surface area contributed by atoms with Gasteiger partial charge < -0.3 is 5.32 Å². The van der Waals surface area contributed by atoms with Crippen molar-refractivity contribution in [2.75, 3.05) is 0 Å². The van der Waals surface area contributed by atoms with E-state index in [1.165, 1.54) is 17.7 Å². The molecule has 1 saturated carbocycles. The lowest BCUT2D eigenvalue weighted by molar-refractivity contribution is 0.0946. The number of carbonyl (C=O) groups excluding carboxylic acids is 1. The monoisotopic (exact) mass is 333 g/mol. The fourth-order valence-corrected chi connectivity index (χ4v) is 2.70. The number of hydrogen-bond donors (Lipinski definition) is 1. The van der Waals surface area contributed by atoms with Crippen LogP contribution in [0.15, 0.2) is 53.0 Å². The number of carbonyl (C=O) groups is 1. The first-order chi connectivity index (χ1) is 9.65. The van der Waals surface area contributed by atoms with Crippen molar-refractivity contribution in [3.8, 4) is 0 Å². The summed E-state index contributed by atoms with van der Waals surface area (Å²) in [7, 11) is 0. The maximum Gasteiger partial charge on any atom is 0.254 e. The second kappa shape index (κ2) is 5.37. The predicted octanol–water partition coefficient (Wildman–Crippen LogP) is 3.87. The third-order valence-corrected chi connectivity index (χ3v) is 4.00. The van der Waals surface area contributed by atoms with Gasteiger partial charge in [0.1, 0.15) is 5.82 Å². The Balaban J connectivity index is 1.68. The first-order valence-electron chi connectivity index (χ1n) is 6.46. The zero-order chi connectivity index (χ0) is 14.1. The Morgan fingerprint density at radius 1 is 1.20 bits per heavy atom. The van der Waals surface area contributed by atoms with Crippen LogP contribution in [0.25, 0.3) is 0 Å². The average Bonchev–Trinajstić information content (AvgIpc) is 3.21. The maximum absolute atomic E-state index is 13.6. The van der Waals surface area contributed by atoms with Crippen molar-refractivity contribution in [2.45, 2.75) is 18.4 Å². The number of hydrogen-bond acceptors (Lipinski definition) is 1. The van der Waals surface area contributed by atoms with Gasteiger partial charge >= 0.3 is 0 Å². The van der Waals surface area contributed by atoms with Crippen LogP contribution < -0.4 is 5.32 Å². The van der Waals surface area contributed by atoms with Crippen molar-refractivity contribution in [1.82, 2.24) is 5.32 Å². The molecule has 20 heavy (non-hydrogen) atoms. The van der Waals surface area contributed by atoms with Crippen molar-refractivity contribution in [3.05, 3.63) is 69.9 Å². The first kappa shape index (κ1) is 13.3. The normalized spacial score (nSPS) is 20.5. The highest BCUT2D eigenvalue weighted by molar-refractivity contribution is 9.10. The van der Waals surface area contributed by atoms with Gasteiger partial charge in [-0.3, -0.25) is 4.79 Å². The molecule has 0 radical (unpaired) electrons. The molecule has 0 saturated heterocycles. The average molecular weight is 334 g/mol. The lowest BCUT2D eigenvalue weighted by Crippen LogP contribution is -2.27. The molecule has 2 aromatic carbocycles. The van der Waals surface area contributed by atoms with Gasteiger partial charge in [-0.25, -0.2) is 4.39 Å². The van der Waals surface area contributed by atoms with Gasteiger partial charge in [-0.1, -0.05) is 46.3 Å². The highest BCUT2D eigenvalue weighted by atomic mass is 79.9. The van der Waals surface area contributed by atoms with Crippen molar-refractivity contribution in [1.29, 1.82) is 0 Å². The Labute approximate surface area is 125 Å². The fourth-order valence-electron chi connectivity index (χ4n) is 2.34. The first-order valence-corrected chi connectivity index (χ1v) is 7.25. The summed E-state index contributed by atoms with van der Waals surface area (Å²) in [4.78, 5) is 12.1. The summed E-state index contributed by atoms with van der Waals surface area (Å²) in [5.74, 6) is -0.509. The predicted molar refractivity (Wildman–Crippen MR) is 79.2 cm³/mol. The molecule has 2 unspecified atom stereocenters. The van der Waals surface area contributed by atoms with Gasteiger partial charge in [0.25, 0.3) is 5.91 Å². The van der Waals surface area contributed by atoms with E-state index in [-0.39, 0.29) is 17.5 Å². The van der Waals surface area contributed by atoms with Crippen LogP contribution in [0.1, 0.15) is 28.3 Å². The molecule has 0 spiro atoms. The Morgan fingerprint density at radius 2 is 1.95 bits per heavy atom. The van der Waals surface area contributed by atoms with Crippen molar-refractivity contribution in [3.63, 3.8) is 0 Å². The van der Waals surface area contributed by atoms with Crippen molar-refractivity contribution < 1.29 is 9.18 Å². The van der Waals surface area contributed by atoms with E-state index >= 15 is 0 Å². The quantitative estimate of drug-likeness (QED) is 0.907. The molecule has 0 heterocycles. The van der Waals surface area contributed by atoms with Gasteiger partial charge in [0.2, 0.25) is 0 Å². The molecule has 2 nitrogen and oxygen atoms in total. The molecule has 1 aliphatic rings. The molecular weight excluding hydrogens is 321 g/mol. The minimum atomic E-state index is -0.498. The van der Waals surface area contributed by atoms with Crippen LogP contribution in [0.4, 0.5) is 4.39 Å². The summed E-state index contributed by atoms with van der Waals surface area (Å²) < 4.78 is 14.3. The molecule has 2 atom stereocenters. The minimum Gasteiger partial charge on any atom is -0.349 e. The van der Waals surface area contributed by atoms with Gasteiger partial charge in [0.05, 0.1) is 5.56 Å². The topological polar surface area (TPSA) is 29.1 Å². The number of benzene rings is 2. The summed E-state index contributed by atoms with van der Waals surface area (Å²) in [6.07, 6.45) is 0.908. The van der Waals surface area contributed by atoms with E-state index in [2.05, 4.69) is 33.4 Å². The van der Waals surface area contributed by atoms with E-state index in [4.69, 9.17) is 0 Å². The van der Waals surface area contributed by atoms with Gasteiger partial charge in [0.15, 0.2) is 0 Å². The standard InChI is InChI=1S/C16H13BrFNO/c17-11-6-7-14(18)13(8-11)16(20)19-15-9-12(15)10-4-2-1-3-5-10/h1-8,12,15H,9H2,(H,19,20). The van der Waals surface area contributed by atoms with E-state index in [9.17, 15) is 9.18 Å². The smallest absolute Gasteiger partial charge is 0.254 e. The van der Waals surface area contributed by atoms with Crippen molar-refractivity contribution >= 4 is 21.8 Å². The summed E-state index contributed by atoms with van der Waals surface area (Å²) in [6.45, 7) is 0. The van der Waals surface area contributed by atoms with E-state index in [0.29, 0.717) is 10.4 Å². The molecule has 4 heteroatoms. The van der Waals surface area contributed by atoms with Crippen LogP contribution in [0.5, 0.6) is 0 Å². The molecule has 102 valence electrons. The largest absolute Gasteiger partial charge is 0.349 e. The zero-order valence-corrected chi connectivity index (χ0v) is 12.2. The number of nitrogens with one attached hydrogen (secondary N) is 1. The molecule has 1 N–H and O–H groups in total. The fraction of sp³-hybridized carbons (Fsp3) is 0.188. The lowest BCUT2D eigenvalue weighted by atomic mass is 10.1. The van der Waals surface area contributed by atoms with Gasteiger partial charge in [-0.15, -0.1) is 0 Å². The molecule has 1 fully saturated rings. The molecule has 3 rings (SSSR count). The molecule has 0 aromatic heterocycles. The second-order valence-electron chi connectivity index (χ2n) is 4.96. The Bertz CT molecular complexity index is 644. The zero-order valence-electron chi connectivity index (χ0n) is 10.6. The SMILES string of the molecule is O=C(NC1CC1c1ccccc1)c1cc(Br)ccc1F. The number of halogens is 2. The molecule has 1 aliphatic carbocycles. The van der Waals surface area contributed by atoms with Gasteiger partial charge in [-0.05, 0) is 30.2 Å². The Hall–Kier alpha value is -1.68. The number of rotatable bonds is 3. The third kappa shape index (κ3) is 2.75. The van der Waals surface area contributed by atoms with Crippen LogP contribution in [0.2, 0.25) is 0 Å². The molecular formula is C16H13BrFNO. The highest BCUT2D eigenvalue weighted by Gasteiger charge is 2.39. The third-order valence-electron chi connectivity index (χ3n) is 3.51. The molecule has 0 aliphatic heterocycles. The minimum absolute atomic E-state index is 0.0816. The summed E-state index contributed by atoms with van der Waals surface area (Å²) >= 11 is 3.25. The summed E-state index contributed by atoms with van der Waals surface area (Å²) in [5, 5.41) is 2.89. The Kier molecular flexibility index (Phi) is 3.57. The van der Waals surface area contributed by atoms with E-state index in [0.717, 1.165) is 6.42 Å². The summed E-state index contributed by atoms with van der Waals surface area (Å²) in [6, 6.07) is 14.5. The van der Waals surface area contributed by atoms with Crippen LogP contribution in [-0.4, -0.2) is 11.9 Å². The van der Waals surface area contributed by atoms with Crippen LogP contribution in [0.3, 0.4) is 0 Å². The molecule has 0 bridgehead atoms. The van der Waals surface area contributed by atoms with Crippen molar-refractivity contribution in [2.24, 2.45) is 0 Å². The number of amides is 1. The van der Waals surface area contributed by atoms with Gasteiger partial charge in [0, 0.05) is 16.4 Å². The summed E-state index contributed by atoms with van der Waals surface area (Å²) in [5.41, 5.74) is 1.30. The van der Waals surface area contributed by atoms with Crippen LogP contribution in [0, 0.1) is 5.82 Å². The molecule has 1 amide bonds. The maximum atomic E-state index is 13.6. The van der Waals surface area contributed by atoms with Gasteiger partial charge in [-0.2, -0.15) is 0 Å². The Morgan fingerprint density at radius 3 is 2.70 bits per heavy atom. The van der Waals surface area contributed by atoms with Crippen LogP contribution in [-0.2, 0) is 0 Å². The van der Waals surface area contributed by atoms with Crippen LogP contribution >= 0.6 is 15.9 Å². The molecule has 2 aromatic rings. The lowest BCUT2D eigenvalue weighted by Gasteiger charge is -2.06. The van der Waals surface area contributed by atoms with E-state index in [1.807, 2.05) is 18.2 Å². The second-order valence-corrected chi connectivity index (χ2v) is 5.87. The highest BCUT2D eigenvalue weighted by Crippen LogP contribution is 2.40.